The first-order chi connectivity index (χ1) is 7.61. The molecule has 0 aromatic carbocycles. The summed E-state index contributed by atoms with van der Waals surface area (Å²) in [4.78, 5) is 13.5. The van der Waals surface area contributed by atoms with Crippen LogP contribution in [0.25, 0.3) is 0 Å². The number of nitrogens with zero attached hydrogens (tertiary/aromatic N) is 1. The molecule has 0 unspecified atom stereocenters. The Hall–Kier alpha value is -0.610. The van der Waals surface area contributed by atoms with E-state index in [4.69, 9.17) is 4.74 Å². The van der Waals surface area contributed by atoms with Crippen molar-refractivity contribution in [2.75, 3.05) is 27.7 Å². The molecule has 1 saturated carbocycles. The van der Waals surface area contributed by atoms with E-state index in [9.17, 15) is 4.79 Å². The van der Waals surface area contributed by atoms with Gasteiger partial charge in [0.15, 0.2) is 0 Å². The number of carbonyl (C=O) groups is 1. The molecule has 0 aromatic rings. The van der Waals surface area contributed by atoms with Gasteiger partial charge in [-0.05, 0) is 46.8 Å². The summed E-state index contributed by atoms with van der Waals surface area (Å²) < 4.78 is 5.44. The third-order valence-corrected chi connectivity index (χ3v) is 3.14. The number of rotatable bonds is 5. The predicted molar refractivity (Wildman–Crippen MR) is 64.4 cm³/mol. The van der Waals surface area contributed by atoms with Gasteiger partial charge in [-0.2, -0.15) is 0 Å². The highest BCUT2D eigenvalue weighted by molar-refractivity contribution is 5.69. The lowest BCUT2D eigenvalue weighted by atomic mass is 9.93. The zero-order valence-electron chi connectivity index (χ0n) is 10.7. The van der Waals surface area contributed by atoms with Gasteiger partial charge in [0.1, 0.15) is 6.10 Å². The highest BCUT2D eigenvalue weighted by Gasteiger charge is 2.22. The smallest absolute Gasteiger partial charge is 0.307 e. The fourth-order valence-electron chi connectivity index (χ4n) is 2.03. The molecule has 0 heterocycles. The van der Waals surface area contributed by atoms with E-state index >= 15 is 0 Å². The monoisotopic (exact) mass is 228 g/mol. The zero-order valence-corrected chi connectivity index (χ0v) is 10.7. The SMILES string of the molecule is CNC1CCC(OC(=O)CCN(C)C)CC1. The van der Waals surface area contributed by atoms with Crippen LogP contribution >= 0.6 is 0 Å². The number of hydrogen-bond donors (Lipinski definition) is 1. The van der Waals surface area contributed by atoms with Gasteiger partial charge in [0, 0.05) is 12.6 Å². The maximum absolute atomic E-state index is 11.5. The normalized spacial score (nSPS) is 25.8. The van der Waals surface area contributed by atoms with Crippen molar-refractivity contribution in [1.29, 1.82) is 0 Å². The Kier molecular flexibility index (Phi) is 5.77. The van der Waals surface area contributed by atoms with Crippen molar-refractivity contribution in [1.82, 2.24) is 10.2 Å². The molecule has 0 aromatic heterocycles. The maximum Gasteiger partial charge on any atom is 0.307 e. The molecule has 1 N–H and O–H groups in total. The molecule has 0 radical (unpaired) electrons. The van der Waals surface area contributed by atoms with Crippen molar-refractivity contribution in [3.63, 3.8) is 0 Å². The molecule has 0 atom stereocenters. The summed E-state index contributed by atoms with van der Waals surface area (Å²) in [5, 5.41) is 3.27. The van der Waals surface area contributed by atoms with Crippen LogP contribution in [-0.2, 0) is 9.53 Å². The van der Waals surface area contributed by atoms with Crippen LogP contribution in [0.1, 0.15) is 32.1 Å². The number of carbonyl (C=O) groups excluding carboxylic acids is 1. The quantitative estimate of drug-likeness (QED) is 0.713. The molecule has 1 aliphatic rings. The summed E-state index contributed by atoms with van der Waals surface area (Å²) in [5.41, 5.74) is 0. The van der Waals surface area contributed by atoms with E-state index < -0.39 is 0 Å². The Labute approximate surface area is 98.3 Å². The molecule has 0 amide bonds. The highest BCUT2D eigenvalue weighted by atomic mass is 16.5. The molecular formula is C12H24N2O2. The topological polar surface area (TPSA) is 41.6 Å². The van der Waals surface area contributed by atoms with Crippen molar-refractivity contribution in [2.45, 2.75) is 44.2 Å². The molecule has 0 aliphatic heterocycles. The number of ether oxygens (including phenoxy) is 1. The average molecular weight is 228 g/mol. The lowest BCUT2D eigenvalue weighted by Gasteiger charge is -2.28. The van der Waals surface area contributed by atoms with E-state index in [1.165, 1.54) is 0 Å². The van der Waals surface area contributed by atoms with Gasteiger partial charge in [-0.3, -0.25) is 4.79 Å². The van der Waals surface area contributed by atoms with Crippen molar-refractivity contribution >= 4 is 5.97 Å². The number of hydrogen-bond acceptors (Lipinski definition) is 4. The Bertz CT molecular complexity index is 211. The second-order valence-electron chi connectivity index (χ2n) is 4.81. The molecule has 4 nitrogen and oxygen atoms in total. The van der Waals surface area contributed by atoms with E-state index in [-0.39, 0.29) is 12.1 Å². The average Bonchev–Trinajstić information content (AvgIpc) is 2.27. The minimum absolute atomic E-state index is 0.0541. The van der Waals surface area contributed by atoms with Gasteiger partial charge >= 0.3 is 5.97 Å². The van der Waals surface area contributed by atoms with Gasteiger partial charge in [0.2, 0.25) is 0 Å². The lowest BCUT2D eigenvalue weighted by Crippen LogP contribution is -2.34. The van der Waals surface area contributed by atoms with Gasteiger partial charge < -0.3 is 15.0 Å². The van der Waals surface area contributed by atoms with Crippen LogP contribution in [0.4, 0.5) is 0 Å². The molecule has 0 spiro atoms. The van der Waals surface area contributed by atoms with Crippen LogP contribution in [0.5, 0.6) is 0 Å². The third kappa shape index (κ3) is 4.94. The van der Waals surface area contributed by atoms with Gasteiger partial charge in [-0.25, -0.2) is 0 Å². The second kappa shape index (κ2) is 6.86. The minimum atomic E-state index is -0.0541. The Morgan fingerprint density at radius 1 is 1.31 bits per heavy atom. The fourth-order valence-corrected chi connectivity index (χ4v) is 2.03. The largest absolute Gasteiger partial charge is 0.462 e. The van der Waals surface area contributed by atoms with Crippen LogP contribution in [0, 0.1) is 0 Å². The molecule has 1 rings (SSSR count). The zero-order chi connectivity index (χ0) is 12.0. The first-order valence-electron chi connectivity index (χ1n) is 6.13. The maximum atomic E-state index is 11.5. The minimum Gasteiger partial charge on any atom is -0.462 e. The van der Waals surface area contributed by atoms with Crippen LogP contribution < -0.4 is 5.32 Å². The van der Waals surface area contributed by atoms with Crippen molar-refractivity contribution < 1.29 is 9.53 Å². The Morgan fingerprint density at radius 2 is 1.94 bits per heavy atom. The summed E-state index contributed by atoms with van der Waals surface area (Å²) in [7, 11) is 5.92. The van der Waals surface area contributed by atoms with Crippen molar-refractivity contribution in [3.05, 3.63) is 0 Å². The molecule has 94 valence electrons. The van der Waals surface area contributed by atoms with Gasteiger partial charge in [-0.1, -0.05) is 0 Å². The van der Waals surface area contributed by atoms with Gasteiger partial charge in [0.05, 0.1) is 6.42 Å². The van der Waals surface area contributed by atoms with E-state index in [1.807, 2.05) is 26.0 Å². The summed E-state index contributed by atoms with van der Waals surface area (Å²) in [6.07, 6.45) is 4.88. The summed E-state index contributed by atoms with van der Waals surface area (Å²) >= 11 is 0. The molecule has 4 heteroatoms. The molecule has 1 fully saturated rings. The predicted octanol–water partition coefficient (Wildman–Crippen LogP) is 1.01. The summed E-state index contributed by atoms with van der Waals surface area (Å²) in [6.45, 7) is 0.769. The standard InChI is InChI=1S/C12H24N2O2/c1-13-10-4-6-11(7-5-10)16-12(15)8-9-14(2)3/h10-11,13H,4-9H2,1-3H3. The molecule has 0 bridgehead atoms. The van der Waals surface area contributed by atoms with Gasteiger partial charge in [-0.15, -0.1) is 0 Å². The molecule has 0 saturated heterocycles. The van der Waals surface area contributed by atoms with E-state index in [2.05, 4.69) is 5.32 Å². The summed E-state index contributed by atoms with van der Waals surface area (Å²) in [5.74, 6) is -0.0541. The second-order valence-corrected chi connectivity index (χ2v) is 4.81. The first-order valence-corrected chi connectivity index (χ1v) is 6.13. The third-order valence-electron chi connectivity index (χ3n) is 3.14. The fraction of sp³-hybridized carbons (Fsp3) is 0.917. The summed E-state index contributed by atoms with van der Waals surface area (Å²) in [6, 6.07) is 0.608. The van der Waals surface area contributed by atoms with E-state index in [0.717, 1.165) is 32.2 Å². The van der Waals surface area contributed by atoms with Gasteiger partial charge in [0.25, 0.3) is 0 Å². The number of nitrogens with one attached hydrogen (secondary N) is 1. The van der Waals surface area contributed by atoms with E-state index in [1.54, 1.807) is 0 Å². The molecular weight excluding hydrogens is 204 g/mol. The van der Waals surface area contributed by atoms with Crippen LogP contribution in [0.15, 0.2) is 0 Å². The Morgan fingerprint density at radius 3 is 2.44 bits per heavy atom. The lowest BCUT2D eigenvalue weighted by molar-refractivity contribution is -0.151. The number of esters is 1. The first kappa shape index (κ1) is 13.5. The van der Waals surface area contributed by atoms with Crippen LogP contribution in [-0.4, -0.2) is 50.7 Å². The highest BCUT2D eigenvalue weighted by Crippen LogP contribution is 2.21. The molecule has 16 heavy (non-hydrogen) atoms. The van der Waals surface area contributed by atoms with Crippen molar-refractivity contribution in [3.8, 4) is 0 Å². The van der Waals surface area contributed by atoms with Crippen molar-refractivity contribution in [2.24, 2.45) is 0 Å². The molecule has 1 aliphatic carbocycles. The van der Waals surface area contributed by atoms with Crippen LogP contribution in [0.3, 0.4) is 0 Å². The Balaban J connectivity index is 2.15. The van der Waals surface area contributed by atoms with E-state index in [0.29, 0.717) is 12.5 Å². The van der Waals surface area contributed by atoms with Crippen LogP contribution in [0.2, 0.25) is 0 Å².